The number of carboxylic acid groups (broad SMARTS) is 1. The highest BCUT2D eigenvalue weighted by molar-refractivity contribution is 5.77. The van der Waals surface area contributed by atoms with Crippen LogP contribution in [0.5, 0.6) is 0 Å². The Morgan fingerprint density at radius 3 is 2.94 bits per heavy atom. The molecule has 8 nitrogen and oxygen atoms in total. The fourth-order valence-corrected chi connectivity index (χ4v) is 0.954. The molecular weight excluding hydrogens is 216 g/mol. The normalized spacial score (nSPS) is 10.0. The summed E-state index contributed by atoms with van der Waals surface area (Å²) in [5.41, 5.74) is 0. The summed E-state index contributed by atoms with van der Waals surface area (Å²) >= 11 is 0. The average Bonchev–Trinajstić information content (AvgIpc) is 2.70. The van der Waals surface area contributed by atoms with Crippen LogP contribution in [-0.4, -0.2) is 51.9 Å². The summed E-state index contributed by atoms with van der Waals surface area (Å²) in [6.07, 6.45) is 1.91. The van der Waals surface area contributed by atoms with Crippen molar-refractivity contribution < 1.29 is 19.4 Å². The van der Waals surface area contributed by atoms with Crippen molar-refractivity contribution in [1.29, 1.82) is 0 Å². The van der Waals surface area contributed by atoms with Crippen LogP contribution in [0.2, 0.25) is 0 Å². The number of carbonyl (C=O) groups is 2. The van der Waals surface area contributed by atoms with Crippen molar-refractivity contribution in [3.05, 3.63) is 12.2 Å². The molecule has 0 fully saturated rings. The number of amides is 1. The topological polar surface area (TPSA) is 117 Å². The number of carbonyl (C=O) groups excluding carboxylic acids is 1. The lowest BCUT2D eigenvalue weighted by molar-refractivity contribution is -0.143. The smallest absolute Gasteiger partial charge is 0.329 e. The van der Waals surface area contributed by atoms with Crippen LogP contribution in [0, 0.1) is 0 Å². The number of carboxylic acids is 1. The number of hydrogen-bond acceptors (Lipinski definition) is 5. The van der Waals surface area contributed by atoms with Crippen molar-refractivity contribution in [3.63, 3.8) is 0 Å². The predicted octanol–water partition coefficient (Wildman–Crippen LogP) is -1.44. The average molecular weight is 228 g/mol. The van der Waals surface area contributed by atoms with E-state index in [0.717, 1.165) is 0 Å². The molecule has 8 heteroatoms. The molecule has 88 valence electrons. The van der Waals surface area contributed by atoms with Crippen LogP contribution < -0.4 is 5.32 Å². The molecule has 0 saturated carbocycles. The Bertz CT molecular complexity index is 338. The van der Waals surface area contributed by atoms with Crippen molar-refractivity contribution in [2.45, 2.75) is 6.42 Å². The minimum atomic E-state index is -1.10. The van der Waals surface area contributed by atoms with Gasteiger partial charge in [-0.25, -0.2) is 9.78 Å². The third kappa shape index (κ3) is 5.05. The summed E-state index contributed by atoms with van der Waals surface area (Å²) in [7, 11) is 0. The van der Waals surface area contributed by atoms with Crippen molar-refractivity contribution in [2.75, 3.05) is 19.8 Å². The van der Waals surface area contributed by atoms with Gasteiger partial charge in [0.2, 0.25) is 5.91 Å². The SMILES string of the molecule is O=C(O)COCC(=O)NCCc1ncn[nH]1. The number of aromatic nitrogens is 3. The van der Waals surface area contributed by atoms with Gasteiger partial charge in [0, 0.05) is 13.0 Å². The first-order valence-corrected chi connectivity index (χ1v) is 4.59. The maximum absolute atomic E-state index is 11.1. The fraction of sp³-hybridized carbons (Fsp3) is 0.500. The second kappa shape index (κ2) is 6.51. The van der Waals surface area contributed by atoms with E-state index in [-0.39, 0.29) is 12.5 Å². The van der Waals surface area contributed by atoms with E-state index < -0.39 is 12.6 Å². The van der Waals surface area contributed by atoms with Gasteiger partial charge in [0.1, 0.15) is 25.4 Å². The summed E-state index contributed by atoms with van der Waals surface area (Å²) in [6.45, 7) is -0.345. The molecule has 1 aromatic heterocycles. The van der Waals surface area contributed by atoms with E-state index in [0.29, 0.717) is 18.8 Å². The number of hydrogen-bond donors (Lipinski definition) is 3. The van der Waals surface area contributed by atoms with Crippen molar-refractivity contribution in [3.8, 4) is 0 Å². The third-order valence-corrected chi connectivity index (χ3v) is 1.61. The quantitative estimate of drug-likeness (QED) is 0.526. The van der Waals surface area contributed by atoms with Gasteiger partial charge in [-0.2, -0.15) is 5.10 Å². The van der Waals surface area contributed by atoms with Crippen molar-refractivity contribution in [2.24, 2.45) is 0 Å². The molecule has 0 aromatic carbocycles. The lowest BCUT2D eigenvalue weighted by Gasteiger charge is -2.03. The minimum absolute atomic E-state index is 0.261. The Hall–Kier alpha value is -1.96. The molecule has 0 aliphatic carbocycles. The molecule has 0 aliphatic rings. The number of nitrogens with zero attached hydrogens (tertiary/aromatic N) is 2. The zero-order valence-corrected chi connectivity index (χ0v) is 8.47. The van der Waals surface area contributed by atoms with Gasteiger partial charge in [0.25, 0.3) is 0 Å². The molecule has 0 bridgehead atoms. The Balaban J connectivity index is 2.04. The van der Waals surface area contributed by atoms with E-state index in [1.807, 2.05) is 0 Å². The molecule has 0 spiro atoms. The number of ether oxygens (including phenoxy) is 1. The molecule has 0 unspecified atom stereocenters. The Kier molecular flexibility index (Phi) is 4.93. The lowest BCUT2D eigenvalue weighted by atomic mass is 10.4. The number of aliphatic carboxylic acids is 1. The summed E-state index contributed by atoms with van der Waals surface area (Å²) in [6, 6.07) is 0. The standard InChI is InChI=1S/C8H12N4O4/c13-7(3-16-4-8(14)15)9-2-1-6-10-5-11-12-6/h5H,1-4H2,(H,9,13)(H,14,15)(H,10,11,12). The molecule has 1 heterocycles. The maximum atomic E-state index is 11.1. The van der Waals surface area contributed by atoms with E-state index in [1.54, 1.807) is 0 Å². The van der Waals surface area contributed by atoms with Crippen LogP contribution in [0.1, 0.15) is 5.82 Å². The molecule has 1 aromatic rings. The van der Waals surface area contributed by atoms with E-state index in [9.17, 15) is 9.59 Å². The first-order valence-electron chi connectivity index (χ1n) is 4.59. The van der Waals surface area contributed by atoms with E-state index >= 15 is 0 Å². The Morgan fingerprint density at radius 2 is 2.31 bits per heavy atom. The van der Waals surface area contributed by atoms with E-state index in [1.165, 1.54) is 6.33 Å². The molecule has 0 saturated heterocycles. The largest absolute Gasteiger partial charge is 0.480 e. The van der Waals surface area contributed by atoms with Gasteiger partial charge in [-0.05, 0) is 0 Å². The summed E-state index contributed by atoms with van der Waals surface area (Å²) in [4.78, 5) is 25.0. The van der Waals surface area contributed by atoms with Gasteiger partial charge in [0.05, 0.1) is 0 Å². The van der Waals surface area contributed by atoms with Crippen LogP contribution in [0.25, 0.3) is 0 Å². The van der Waals surface area contributed by atoms with Crippen LogP contribution >= 0.6 is 0 Å². The van der Waals surface area contributed by atoms with Crippen LogP contribution in [-0.2, 0) is 20.7 Å². The highest BCUT2D eigenvalue weighted by Gasteiger charge is 2.03. The monoisotopic (exact) mass is 228 g/mol. The molecule has 0 atom stereocenters. The van der Waals surface area contributed by atoms with Gasteiger partial charge in [0.15, 0.2) is 0 Å². The maximum Gasteiger partial charge on any atom is 0.329 e. The summed E-state index contributed by atoms with van der Waals surface area (Å²) in [5, 5.41) is 17.1. The Labute approximate surface area is 91.0 Å². The van der Waals surface area contributed by atoms with Gasteiger partial charge in [-0.15, -0.1) is 0 Å². The summed E-state index contributed by atoms with van der Waals surface area (Å²) < 4.78 is 4.60. The molecule has 16 heavy (non-hydrogen) atoms. The lowest BCUT2D eigenvalue weighted by Crippen LogP contribution is -2.30. The second-order valence-corrected chi connectivity index (χ2v) is 2.92. The minimum Gasteiger partial charge on any atom is -0.480 e. The first kappa shape index (κ1) is 12.1. The molecule has 3 N–H and O–H groups in total. The van der Waals surface area contributed by atoms with Crippen molar-refractivity contribution in [1.82, 2.24) is 20.5 Å². The second-order valence-electron chi connectivity index (χ2n) is 2.92. The molecule has 0 aliphatic heterocycles. The van der Waals surface area contributed by atoms with Crippen molar-refractivity contribution >= 4 is 11.9 Å². The van der Waals surface area contributed by atoms with Gasteiger partial charge < -0.3 is 15.2 Å². The number of rotatable bonds is 7. The zero-order valence-electron chi connectivity index (χ0n) is 8.47. The zero-order chi connectivity index (χ0) is 11.8. The third-order valence-electron chi connectivity index (χ3n) is 1.61. The molecule has 1 amide bonds. The molecule has 1 rings (SSSR count). The number of H-pyrrole nitrogens is 1. The Morgan fingerprint density at radius 1 is 1.50 bits per heavy atom. The molecule has 0 radical (unpaired) electrons. The highest BCUT2D eigenvalue weighted by atomic mass is 16.5. The van der Waals surface area contributed by atoms with E-state index in [4.69, 9.17) is 5.11 Å². The van der Waals surface area contributed by atoms with Gasteiger partial charge >= 0.3 is 5.97 Å². The van der Waals surface area contributed by atoms with Crippen LogP contribution in [0.3, 0.4) is 0 Å². The van der Waals surface area contributed by atoms with Gasteiger partial charge in [-0.3, -0.25) is 9.89 Å². The van der Waals surface area contributed by atoms with Crippen LogP contribution in [0.15, 0.2) is 6.33 Å². The number of nitrogens with one attached hydrogen (secondary N) is 2. The fourth-order valence-electron chi connectivity index (χ4n) is 0.954. The van der Waals surface area contributed by atoms with E-state index in [2.05, 4.69) is 25.2 Å². The van der Waals surface area contributed by atoms with Gasteiger partial charge in [-0.1, -0.05) is 0 Å². The molecular formula is C8H12N4O4. The van der Waals surface area contributed by atoms with Crippen LogP contribution in [0.4, 0.5) is 0 Å². The summed E-state index contributed by atoms with van der Waals surface area (Å²) in [5.74, 6) is -0.790. The predicted molar refractivity (Wildman–Crippen MR) is 51.6 cm³/mol. The number of aromatic amines is 1. The highest BCUT2D eigenvalue weighted by Crippen LogP contribution is 1.85. The first-order chi connectivity index (χ1) is 7.68.